The monoisotopic (exact) mass is 342 g/mol. The maximum absolute atomic E-state index is 13.9. The second-order valence-electron chi connectivity index (χ2n) is 3.98. The van der Waals surface area contributed by atoms with Crippen molar-refractivity contribution in [2.45, 2.75) is 5.32 Å². The summed E-state index contributed by atoms with van der Waals surface area (Å²) in [7, 11) is 1.22. The van der Waals surface area contributed by atoms with E-state index in [0.29, 0.717) is 5.32 Å². The van der Waals surface area contributed by atoms with Crippen molar-refractivity contribution in [3.63, 3.8) is 0 Å². The summed E-state index contributed by atoms with van der Waals surface area (Å²) in [6.07, 6.45) is 0. The molecule has 20 heavy (non-hydrogen) atoms. The van der Waals surface area contributed by atoms with Gasteiger partial charge < -0.3 is 0 Å². The van der Waals surface area contributed by atoms with Crippen molar-refractivity contribution >= 4 is 25.4 Å². The van der Waals surface area contributed by atoms with Crippen molar-refractivity contribution in [2.24, 2.45) is 0 Å². The molecule has 0 amide bonds. The fraction of sp³-hybridized carbons (Fsp3) is 0.133. The summed E-state index contributed by atoms with van der Waals surface area (Å²) in [6, 6.07) is 11.7. The molecule has 0 spiro atoms. The zero-order valence-corrected chi connectivity index (χ0v) is 12.4. The van der Waals surface area contributed by atoms with Gasteiger partial charge in [0, 0.05) is 0 Å². The van der Waals surface area contributed by atoms with E-state index in [1.807, 2.05) is 30.3 Å². The van der Waals surface area contributed by atoms with E-state index in [1.54, 1.807) is 0 Å². The summed E-state index contributed by atoms with van der Waals surface area (Å²) in [5.74, 6) is -2.56. The van der Waals surface area contributed by atoms with Crippen molar-refractivity contribution in [1.82, 2.24) is 0 Å². The fourth-order valence-electron chi connectivity index (χ4n) is 1.71. The number of benzene rings is 2. The van der Waals surface area contributed by atoms with Crippen LogP contribution in [0.4, 0.5) is 8.78 Å². The Morgan fingerprint density at radius 1 is 1.15 bits per heavy atom. The second kappa shape index (κ2) is 6.64. The van der Waals surface area contributed by atoms with Gasteiger partial charge in [0.2, 0.25) is 0 Å². The Kier molecular flexibility index (Phi) is 4.88. The molecular weight excluding hydrogens is 329 g/mol. The number of methoxy groups -OCH3 is 1. The molecule has 2 nitrogen and oxygen atoms in total. The summed E-state index contributed by atoms with van der Waals surface area (Å²) < 4.78 is 32.9. The minimum absolute atomic E-state index is 0.0840. The number of hydrogen-bond acceptors (Lipinski definition) is 2. The van der Waals surface area contributed by atoms with Crippen LogP contribution in [0.1, 0.15) is 15.9 Å². The summed E-state index contributed by atoms with van der Waals surface area (Å²) in [5.41, 5.74) is 0.171. The summed E-state index contributed by atoms with van der Waals surface area (Å²) in [4.78, 5) is 11.6. The van der Waals surface area contributed by atoms with Crippen LogP contribution in [0, 0.1) is 11.6 Å². The molecule has 0 fully saturated rings. The van der Waals surface area contributed by atoms with Crippen LogP contribution in [-0.4, -0.2) is 28.0 Å². The van der Waals surface area contributed by atoms with E-state index in [4.69, 9.17) is 0 Å². The van der Waals surface area contributed by atoms with Gasteiger partial charge in [0.1, 0.15) is 0 Å². The van der Waals surface area contributed by atoms with E-state index < -0.39 is 17.6 Å². The first kappa shape index (κ1) is 14.7. The molecular formula is C15H12F2O2Se. The number of carbonyl (C=O) groups excluding carboxylic acids is 1. The summed E-state index contributed by atoms with van der Waals surface area (Å²) in [5, 5.41) is 0.297. The third-order valence-corrected chi connectivity index (χ3v) is 4.91. The van der Waals surface area contributed by atoms with Gasteiger partial charge in [-0.2, -0.15) is 0 Å². The van der Waals surface area contributed by atoms with Crippen LogP contribution < -0.4 is 4.46 Å². The van der Waals surface area contributed by atoms with Crippen LogP contribution in [0.15, 0.2) is 42.5 Å². The molecule has 104 valence electrons. The number of rotatable bonds is 4. The molecule has 0 aliphatic rings. The molecule has 0 aliphatic heterocycles. The van der Waals surface area contributed by atoms with E-state index in [9.17, 15) is 13.6 Å². The molecule has 0 bridgehead atoms. The molecule has 0 radical (unpaired) electrons. The first-order chi connectivity index (χ1) is 9.63. The van der Waals surface area contributed by atoms with Crippen LogP contribution in [-0.2, 0) is 10.1 Å². The van der Waals surface area contributed by atoms with Gasteiger partial charge in [0.25, 0.3) is 0 Å². The van der Waals surface area contributed by atoms with Crippen molar-refractivity contribution in [3.05, 3.63) is 65.2 Å². The van der Waals surface area contributed by atoms with Crippen molar-refractivity contribution in [2.75, 3.05) is 7.11 Å². The number of halogens is 2. The van der Waals surface area contributed by atoms with Gasteiger partial charge in [-0.25, -0.2) is 0 Å². The Hall–Kier alpha value is -1.71. The second-order valence-corrected chi connectivity index (χ2v) is 6.18. The fourth-order valence-corrected chi connectivity index (χ4v) is 3.69. The molecule has 2 aromatic rings. The third-order valence-electron chi connectivity index (χ3n) is 2.73. The predicted molar refractivity (Wildman–Crippen MR) is 73.2 cm³/mol. The van der Waals surface area contributed by atoms with Gasteiger partial charge in [-0.3, -0.25) is 0 Å². The van der Waals surface area contributed by atoms with Gasteiger partial charge in [0.15, 0.2) is 0 Å². The molecule has 5 heteroatoms. The van der Waals surface area contributed by atoms with Gasteiger partial charge >= 0.3 is 121 Å². The summed E-state index contributed by atoms with van der Waals surface area (Å²) >= 11 is -0.0847. The average Bonchev–Trinajstić information content (AvgIpc) is 2.49. The first-order valence-electron chi connectivity index (χ1n) is 5.86. The van der Waals surface area contributed by atoms with Gasteiger partial charge in [-0.05, 0) is 0 Å². The standard InChI is InChI=1S/C15H12F2O2Se/c1-19-15(18)11-7-8-13(16)14(17)12(11)9-20-10-5-3-2-4-6-10/h2-8H,9H2,1H3. The van der Waals surface area contributed by atoms with Crippen LogP contribution >= 0.6 is 0 Å². The van der Waals surface area contributed by atoms with E-state index in [0.717, 1.165) is 10.5 Å². The Balaban J connectivity index is 2.29. The van der Waals surface area contributed by atoms with E-state index in [1.165, 1.54) is 13.2 Å². The number of hydrogen-bond donors (Lipinski definition) is 0. The molecule has 0 aromatic heterocycles. The Labute approximate surface area is 121 Å². The molecule has 0 atom stereocenters. The number of carbonyl (C=O) groups is 1. The molecule has 0 aliphatic carbocycles. The van der Waals surface area contributed by atoms with Gasteiger partial charge in [-0.15, -0.1) is 0 Å². The third kappa shape index (κ3) is 3.24. The molecule has 0 heterocycles. The molecule has 0 saturated carbocycles. The van der Waals surface area contributed by atoms with E-state index in [2.05, 4.69) is 4.74 Å². The number of ether oxygens (including phenoxy) is 1. The molecule has 2 aromatic carbocycles. The topological polar surface area (TPSA) is 26.3 Å². The minimum atomic E-state index is -0.967. The van der Waals surface area contributed by atoms with E-state index >= 15 is 0 Å². The summed E-state index contributed by atoms with van der Waals surface area (Å²) in [6.45, 7) is 0. The normalized spacial score (nSPS) is 10.3. The van der Waals surface area contributed by atoms with Crippen LogP contribution in [0.5, 0.6) is 0 Å². The first-order valence-corrected chi connectivity index (χ1v) is 7.93. The Morgan fingerprint density at radius 2 is 1.85 bits per heavy atom. The molecule has 2 rings (SSSR count). The maximum atomic E-state index is 13.9. The molecule has 0 N–H and O–H groups in total. The van der Waals surface area contributed by atoms with Crippen LogP contribution in [0.25, 0.3) is 0 Å². The molecule has 0 unspecified atom stereocenters. The van der Waals surface area contributed by atoms with E-state index in [-0.39, 0.29) is 26.1 Å². The SMILES string of the molecule is COC(=O)c1ccc(F)c(F)c1C[Se]c1ccccc1. The van der Waals surface area contributed by atoms with Gasteiger partial charge in [-0.1, -0.05) is 0 Å². The Bertz CT molecular complexity index is 615. The average molecular weight is 341 g/mol. The van der Waals surface area contributed by atoms with Crippen molar-refractivity contribution in [1.29, 1.82) is 0 Å². The zero-order chi connectivity index (χ0) is 14.5. The Morgan fingerprint density at radius 3 is 2.50 bits per heavy atom. The molecule has 0 saturated heterocycles. The zero-order valence-electron chi connectivity index (χ0n) is 10.7. The van der Waals surface area contributed by atoms with Crippen LogP contribution in [0.3, 0.4) is 0 Å². The van der Waals surface area contributed by atoms with Crippen molar-refractivity contribution in [3.8, 4) is 0 Å². The van der Waals surface area contributed by atoms with Crippen molar-refractivity contribution < 1.29 is 18.3 Å². The quantitative estimate of drug-likeness (QED) is 0.630. The number of esters is 1. The van der Waals surface area contributed by atoms with Crippen LogP contribution in [0.2, 0.25) is 0 Å². The van der Waals surface area contributed by atoms with Gasteiger partial charge in [0.05, 0.1) is 0 Å². The predicted octanol–water partition coefficient (Wildman–Crippen LogP) is 2.28.